The van der Waals surface area contributed by atoms with Crippen LogP contribution in [0.2, 0.25) is 0 Å². The molecule has 0 saturated heterocycles. The molecule has 0 aromatic heterocycles. The summed E-state index contributed by atoms with van der Waals surface area (Å²) in [7, 11) is 1.53. The zero-order valence-corrected chi connectivity index (χ0v) is 20.5. The molecular formula is C27H38ClNO3. The molecule has 0 unspecified atom stereocenters. The van der Waals surface area contributed by atoms with Crippen LogP contribution in [0.15, 0.2) is 35.0 Å². The van der Waals surface area contributed by atoms with E-state index in [-0.39, 0.29) is 22.4 Å². The highest BCUT2D eigenvalue weighted by Crippen LogP contribution is 2.30. The molecule has 1 aromatic carbocycles. The van der Waals surface area contributed by atoms with Crippen LogP contribution in [0.5, 0.6) is 0 Å². The number of rotatable bonds is 15. The van der Waals surface area contributed by atoms with Crippen molar-refractivity contribution >= 4 is 29.1 Å². The minimum absolute atomic E-state index is 0.00457. The van der Waals surface area contributed by atoms with Gasteiger partial charge in [-0.3, -0.25) is 14.4 Å². The fourth-order valence-corrected chi connectivity index (χ4v) is 4.53. The van der Waals surface area contributed by atoms with Crippen molar-refractivity contribution < 1.29 is 14.4 Å². The lowest BCUT2D eigenvalue weighted by molar-refractivity contribution is -0.128. The monoisotopic (exact) mass is 459 g/mol. The Hall–Kier alpha value is -1.94. The van der Waals surface area contributed by atoms with E-state index in [0.717, 1.165) is 19.3 Å². The van der Waals surface area contributed by atoms with Crippen LogP contribution >= 0.6 is 11.6 Å². The quantitative estimate of drug-likeness (QED) is 0.256. The van der Waals surface area contributed by atoms with Crippen molar-refractivity contribution in [2.45, 2.75) is 96.8 Å². The lowest BCUT2D eigenvalue weighted by Gasteiger charge is -2.25. The molecule has 0 N–H and O–H groups in total. The van der Waals surface area contributed by atoms with Gasteiger partial charge >= 0.3 is 0 Å². The molecule has 0 atom stereocenters. The van der Waals surface area contributed by atoms with E-state index in [4.69, 9.17) is 11.6 Å². The van der Waals surface area contributed by atoms with Gasteiger partial charge in [-0.15, -0.1) is 0 Å². The van der Waals surface area contributed by atoms with Gasteiger partial charge in [-0.1, -0.05) is 120 Å². The van der Waals surface area contributed by atoms with Gasteiger partial charge in [-0.05, 0) is 6.42 Å². The zero-order valence-electron chi connectivity index (χ0n) is 19.8. The van der Waals surface area contributed by atoms with Crippen LogP contribution in [0.4, 0.5) is 0 Å². The Bertz CT molecular complexity index is 815. The molecule has 0 fully saturated rings. The van der Waals surface area contributed by atoms with Gasteiger partial charge in [0.2, 0.25) is 17.5 Å². The second-order valence-electron chi connectivity index (χ2n) is 8.81. The summed E-state index contributed by atoms with van der Waals surface area (Å²) in [6.45, 7) is 2.25. The van der Waals surface area contributed by atoms with E-state index < -0.39 is 5.78 Å². The number of ketones is 2. The molecule has 5 heteroatoms. The van der Waals surface area contributed by atoms with E-state index >= 15 is 0 Å². The van der Waals surface area contributed by atoms with Crippen LogP contribution in [0.3, 0.4) is 0 Å². The number of allylic oxidation sites excluding steroid dienone is 2. The lowest BCUT2D eigenvalue weighted by atomic mass is 9.92. The summed E-state index contributed by atoms with van der Waals surface area (Å²) in [6, 6.07) is 6.59. The van der Waals surface area contributed by atoms with Crippen LogP contribution in [0.1, 0.15) is 118 Å². The summed E-state index contributed by atoms with van der Waals surface area (Å²) in [6.07, 6.45) is 16.5. The Balaban J connectivity index is 1.64. The van der Waals surface area contributed by atoms with Crippen LogP contribution in [0.25, 0.3) is 0 Å². The minimum atomic E-state index is -0.405. The average Bonchev–Trinajstić information content (AvgIpc) is 2.80. The Labute approximate surface area is 198 Å². The number of carbonyl (C=O) groups is 3. The maximum Gasteiger partial charge on any atom is 0.226 e. The second kappa shape index (κ2) is 14.3. The predicted molar refractivity (Wildman–Crippen MR) is 131 cm³/mol. The van der Waals surface area contributed by atoms with Crippen molar-refractivity contribution in [2.24, 2.45) is 0 Å². The highest BCUT2D eigenvalue weighted by atomic mass is 35.5. The molecule has 1 aliphatic carbocycles. The summed E-state index contributed by atoms with van der Waals surface area (Å²) in [5.74, 6) is -0.953. The first-order chi connectivity index (χ1) is 15.5. The van der Waals surface area contributed by atoms with E-state index in [1.54, 1.807) is 24.3 Å². The van der Waals surface area contributed by atoms with Crippen molar-refractivity contribution in [3.63, 3.8) is 0 Å². The fraction of sp³-hybridized carbons (Fsp3) is 0.593. The highest BCUT2D eigenvalue weighted by molar-refractivity contribution is 6.50. The van der Waals surface area contributed by atoms with Gasteiger partial charge in [0.1, 0.15) is 10.7 Å². The number of likely N-dealkylation sites (N-methyl/N-ethyl adjacent to an activating group) is 1. The van der Waals surface area contributed by atoms with Crippen molar-refractivity contribution in [3.05, 3.63) is 46.1 Å². The topological polar surface area (TPSA) is 54.5 Å². The average molecular weight is 460 g/mol. The first kappa shape index (κ1) is 26.3. The summed E-state index contributed by atoms with van der Waals surface area (Å²) < 4.78 is 0. The second-order valence-corrected chi connectivity index (χ2v) is 9.19. The fourth-order valence-electron chi connectivity index (χ4n) is 4.22. The van der Waals surface area contributed by atoms with E-state index in [1.165, 1.54) is 76.2 Å². The van der Waals surface area contributed by atoms with Gasteiger partial charge in [0, 0.05) is 24.6 Å². The van der Waals surface area contributed by atoms with Crippen LogP contribution in [0, 0.1) is 0 Å². The highest BCUT2D eigenvalue weighted by Gasteiger charge is 2.34. The molecule has 0 saturated carbocycles. The van der Waals surface area contributed by atoms with Crippen molar-refractivity contribution in [3.8, 4) is 0 Å². The van der Waals surface area contributed by atoms with E-state index in [0.29, 0.717) is 17.5 Å². The summed E-state index contributed by atoms with van der Waals surface area (Å²) >= 11 is 6.20. The smallest absolute Gasteiger partial charge is 0.226 e. The normalized spacial score (nSPS) is 13.5. The number of fused-ring (bicyclic) bond motifs is 1. The van der Waals surface area contributed by atoms with Gasteiger partial charge < -0.3 is 4.90 Å². The molecule has 0 radical (unpaired) electrons. The zero-order chi connectivity index (χ0) is 23.3. The molecule has 0 bridgehead atoms. The molecule has 2 rings (SSSR count). The van der Waals surface area contributed by atoms with E-state index in [2.05, 4.69) is 6.92 Å². The molecule has 0 aliphatic heterocycles. The number of halogens is 1. The van der Waals surface area contributed by atoms with Crippen LogP contribution < -0.4 is 0 Å². The molecule has 176 valence electrons. The standard InChI is InChI=1S/C27H38ClNO3/c1-3-4-5-6-7-8-9-10-11-12-13-14-15-20-23(30)29(2)25-24(28)26(31)21-18-16-17-19-22(21)27(25)32/h16-19H,3-15,20H2,1-2H3. The number of Topliss-reactive ketones (excluding diaryl/α,β-unsaturated/α-hetero) is 2. The van der Waals surface area contributed by atoms with Crippen molar-refractivity contribution in [1.29, 1.82) is 0 Å². The van der Waals surface area contributed by atoms with Crippen molar-refractivity contribution in [2.75, 3.05) is 7.05 Å². The van der Waals surface area contributed by atoms with Gasteiger partial charge in [-0.2, -0.15) is 0 Å². The number of hydrogen-bond donors (Lipinski definition) is 0. The molecular weight excluding hydrogens is 422 g/mol. The van der Waals surface area contributed by atoms with Crippen molar-refractivity contribution in [1.82, 2.24) is 4.90 Å². The van der Waals surface area contributed by atoms with Crippen LogP contribution in [-0.4, -0.2) is 29.4 Å². The largest absolute Gasteiger partial charge is 0.311 e. The summed E-state index contributed by atoms with van der Waals surface area (Å²) in [5.41, 5.74) is 0.594. The minimum Gasteiger partial charge on any atom is -0.311 e. The number of hydrogen-bond acceptors (Lipinski definition) is 3. The molecule has 4 nitrogen and oxygen atoms in total. The first-order valence-electron chi connectivity index (χ1n) is 12.3. The molecule has 1 amide bonds. The summed E-state index contributed by atoms with van der Waals surface area (Å²) in [4.78, 5) is 39.2. The Morgan fingerprint density at radius 1 is 0.750 bits per heavy atom. The Kier molecular flexibility index (Phi) is 11.7. The van der Waals surface area contributed by atoms with Gasteiger partial charge in [0.15, 0.2) is 0 Å². The van der Waals surface area contributed by atoms with Gasteiger partial charge in [0.05, 0.1) is 0 Å². The Morgan fingerprint density at radius 3 is 1.69 bits per heavy atom. The number of benzene rings is 1. The third-order valence-electron chi connectivity index (χ3n) is 6.24. The number of carbonyl (C=O) groups excluding carboxylic acids is 3. The lowest BCUT2D eigenvalue weighted by Crippen LogP contribution is -2.34. The predicted octanol–water partition coefficient (Wildman–Crippen LogP) is 7.46. The maximum absolute atomic E-state index is 12.8. The number of amides is 1. The first-order valence-corrected chi connectivity index (χ1v) is 12.7. The number of nitrogens with zero attached hydrogens (tertiary/aromatic N) is 1. The molecule has 32 heavy (non-hydrogen) atoms. The molecule has 0 spiro atoms. The third kappa shape index (κ3) is 7.58. The molecule has 1 aromatic rings. The molecule has 0 heterocycles. The van der Waals surface area contributed by atoms with E-state index in [9.17, 15) is 14.4 Å². The maximum atomic E-state index is 12.8. The van der Waals surface area contributed by atoms with E-state index in [1.807, 2.05) is 0 Å². The molecule has 1 aliphatic rings. The van der Waals surface area contributed by atoms with Gasteiger partial charge in [-0.25, -0.2) is 0 Å². The number of unbranched alkanes of at least 4 members (excludes halogenated alkanes) is 12. The van der Waals surface area contributed by atoms with Gasteiger partial charge in [0.25, 0.3) is 0 Å². The third-order valence-corrected chi connectivity index (χ3v) is 6.59. The van der Waals surface area contributed by atoms with Crippen LogP contribution in [-0.2, 0) is 4.79 Å². The summed E-state index contributed by atoms with van der Waals surface area (Å²) in [5, 5.41) is -0.171. The Morgan fingerprint density at radius 2 is 1.19 bits per heavy atom. The SMILES string of the molecule is CCCCCCCCCCCCCCCC(=O)N(C)C1=C(Cl)C(=O)c2ccccc2C1=O.